The van der Waals surface area contributed by atoms with Gasteiger partial charge in [0.15, 0.2) is 4.34 Å². The molecule has 5 nitrogen and oxygen atoms in total. The lowest BCUT2D eigenvalue weighted by Gasteiger charge is -2.08. The van der Waals surface area contributed by atoms with Gasteiger partial charge in [-0.15, -0.1) is 0 Å². The number of aromatic nitrogens is 3. The number of ether oxygens (including phenoxy) is 1. The van der Waals surface area contributed by atoms with Crippen LogP contribution >= 0.6 is 23.3 Å². The number of nitrogens with zero attached hydrogens (tertiary/aromatic N) is 3. The van der Waals surface area contributed by atoms with Gasteiger partial charge < -0.3 is 10.5 Å². The van der Waals surface area contributed by atoms with Crippen molar-refractivity contribution >= 4 is 29.0 Å². The predicted octanol–water partition coefficient (Wildman–Crippen LogP) is 3.02. The van der Waals surface area contributed by atoms with Crippen LogP contribution in [-0.2, 0) is 6.42 Å². The summed E-state index contributed by atoms with van der Waals surface area (Å²) in [5.41, 5.74) is 6.48. The number of nitrogen functional groups attached to an aromatic ring is 1. The van der Waals surface area contributed by atoms with Crippen molar-refractivity contribution in [3.63, 3.8) is 0 Å². The van der Waals surface area contributed by atoms with Crippen molar-refractivity contribution in [3.8, 4) is 5.88 Å². The molecule has 1 aliphatic carbocycles. The van der Waals surface area contributed by atoms with Gasteiger partial charge in [0, 0.05) is 6.42 Å². The van der Waals surface area contributed by atoms with Gasteiger partial charge in [0.1, 0.15) is 10.9 Å². The van der Waals surface area contributed by atoms with E-state index in [4.69, 9.17) is 10.5 Å². The fourth-order valence-electron chi connectivity index (χ4n) is 1.60. The molecule has 1 aliphatic rings. The van der Waals surface area contributed by atoms with Crippen LogP contribution in [0.5, 0.6) is 5.88 Å². The Balaban J connectivity index is 1.70. The molecule has 1 fully saturated rings. The highest BCUT2D eigenvalue weighted by Crippen LogP contribution is 2.33. The first-order chi connectivity index (χ1) is 9.74. The zero-order valence-electron chi connectivity index (χ0n) is 11.2. The fourth-order valence-corrected chi connectivity index (χ4v) is 3.21. The Kier molecular flexibility index (Phi) is 4.07. The van der Waals surface area contributed by atoms with E-state index in [-0.39, 0.29) is 0 Å². The van der Waals surface area contributed by atoms with Gasteiger partial charge in [-0.25, -0.2) is 9.97 Å². The molecule has 0 amide bonds. The number of pyridine rings is 1. The average Bonchev–Trinajstić information content (AvgIpc) is 3.18. The third kappa shape index (κ3) is 3.40. The molecule has 0 aromatic carbocycles. The van der Waals surface area contributed by atoms with Crippen molar-refractivity contribution in [2.75, 3.05) is 12.3 Å². The van der Waals surface area contributed by atoms with Gasteiger partial charge in [-0.05, 0) is 54.2 Å². The Labute approximate surface area is 126 Å². The molecule has 2 heterocycles. The molecule has 2 N–H and O–H groups in total. The lowest BCUT2D eigenvalue weighted by Crippen LogP contribution is -2.04. The zero-order chi connectivity index (χ0) is 13.9. The topological polar surface area (TPSA) is 73.9 Å². The first kappa shape index (κ1) is 13.6. The molecule has 1 saturated carbocycles. The molecule has 2 aromatic rings. The SMILES string of the molecule is CCc1nsc(Sc2ccc(N)c(OCC3CC3)n2)n1. The maximum atomic E-state index is 5.89. The Morgan fingerprint density at radius 2 is 2.25 bits per heavy atom. The first-order valence-electron chi connectivity index (χ1n) is 6.64. The molecule has 0 aliphatic heterocycles. The van der Waals surface area contributed by atoms with Crippen LogP contribution in [0.2, 0.25) is 0 Å². The van der Waals surface area contributed by atoms with Gasteiger partial charge in [-0.3, -0.25) is 0 Å². The lowest BCUT2D eigenvalue weighted by molar-refractivity contribution is 0.288. The summed E-state index contributed by atoms with van der Waals surface area (Å²) in [7, 11) is 0. The Hall–Kier alpha value is -1.34. The van der Waals surface area contributed by atoms with Crippen LogP contribution in [0.25, 0.3) is 0 Å². The summed E-state index contributed by atoms with van der Waals surface area (Å²) < 4.78 is 10.8. The normalized spacial score (nSPS) is 14.4. The Morgan fingerprint density at radius 3 is 2.95 bits per heavy atom. The first-order valence-corrected chi connectivity index (χ1v) is 8.23. The van der Waals surface area contributed by atoms with E-state index in [1.807, 2.05) is 19.1 Å². The maximum absolute atomic E-state index is 5.89. The average molecular weight is 308 g/mol. The molecule has 106 valence electrons. The van der Waals surface area contributed by atoms with Crippen LogP contribution in [0.15, 0.2) is 21.5 Å². The van der Waals surface area contributed by atoms with Crippen LogP contribution < -0.4 is 10.5 Å². The second kappa shape index (κ2) is 5.97. The van der Waals surface area contributed by atoms with Crippen LogP contribution in [0.4, 0.5) is 5.69 Å². The van der Waals surface area contributed by atoms with Gasteiger partial charge in [0.2, 0.25) is 5.88 Å². The summed E-state index contributed by atoms with van der Waals surface area (Å²) in [5.74, 6) is 2.09. The van der Waals surface area contributed by atoms with E-state index in [9.17, 15) is 0 Å². The van der Waals surface area contributed by atoms with E-state index in [0.29, 0.717) is 24.1 Å². The Morgan fingerprint density at radius 1 is 1.40 bits per heavy atom. The number of rotatable bonds is 6. The quantitative estimate of drug-likeness (QED) is 0.884. The molecule has 3 rings (SSSR count). The highest BCUT2D eigenvalue weighted by atomic mass is 32.2. The van der Waals surface area contributed by atoms with Crippen LogP contribution in [0, 0.1) is 5.92 Å². The summed E-state index contributed by atoms with van der Waals surface area (Å²) in [6, 6.07) is 3.72. The standard InChI is InChI=1S/C13H16N4OS2/c1-2-10-15-13(20-17-10)19-11-6-5-9(14)12(16-11)18-7-8-3-4-8/h5-6,8H,2-4,7,14H2,1H3. The minimum absolute atomic E-state index is 0.530. The second-order valence-electron chi connectivity index (χ2n) is 4.73. The third-order valence-electron chi connectivity index (χ3n) is 2.97. The highest BCUT2D eigenvalue weighted by molar-refractivity contribution is 8.00. The largest absolute Gasteiger partial charge is 0.476 e. The highest BCUT2D eigenvalue weighted by Gasteiger charge is 2.22. The minimum Gasteiger partial charge on any atom is -0.476 e. The van der Waals surface area contributed by atoms with Gasteiger partial charge in [0.05, 0.1) is 12.3 Å². The third-order valence-corrected chi connectivity index (χ3v) is 4.70. The second-order valence-corrected chi connectivity index (χ2v) is 6.75. The van der Waals surface area contributed by atoms with Gasteiger partial charge in [-0.2, -0.15) is 4.37 Å². The number of hydrogen-bond acceptors (Lipinski definition) is 7. The van der Waals surface area contributed by atoms with Crippen molar-refractivity contribution in [2.24, 2.45) is 5.92 Å². The molecular weight excluding hydrogens is 292 g/mol. The van der Waals surface area contributed by atoms with Crippen molar-refractivity contribution in [1.29, 1.82) is 0 Å². The molecular formula is C13H16N4OS2. The van der Waals surface area contributed by atoms with Crippen LogP contribution in [-0.4, -0.2) is 20.9 Å². The van der Waals surface area contributed by atoms with E-state index in [0.717, 1.165) is 21.6 Å². The number of aryl methyl sites for hydroxylation is 1. The molecule has 0 spiro atoms. The maximum Gasteiger partial charge on any atom is 0.238 e. The summed E-state index contributed by atoms with van der Waals surface area (Å²) >= 11 is 2.89. The number of anilines is 1. The summed E-state index contributed by atoms with van der Waals surface area (Å²) in [4.78, 5) is 8.88. The lowest BCUT2D eigenvalue weighted by atomic mass is 10.4. The van der Waals surface area contributed by atoms with E-state index in [1.165, 1.54) is 36.1 Å². The van der Waals surface area contributed by atoms with Crippen LogP contribution in [0.1, 0.15) is 25.6 Å². The zero-order valence-corrected chi connectivity index (χ0v) is 12.8. The number of hydrogen-bond donors (Lipinski definition) is 1. The fraction of sp³-hybridized carbons (Fsp3) is 0.462. The van der Waals surface area contributed by atoms with E-state index in [2.05, 4.69) is 14.3 Å². The van der Waals surface area contributed by atoms with E-state index in [1.54, 1.807) is 0 Å². The van der Waals surface area contributed by atoms with Crippen molar-refractivity contribution in [3.05, 3.63) is 18.0 Å². The van der Waals surface area contributed by atoms with Gasteiger partial charge in [-0.1, -0.05) is 6.92 Å². The molecule has 0 saturated heterocycles. The molecule has 0 radical (unpaired) electrons. The molecule has 0 unspecified atom stereocenters. The molecule has 20 heavy (non-hydrogen) atoms. The van der Waals surface area contributed by atoms with Gasteiger partial charge >= 0.3 is 0 Å². The summed E-state index contributed by atoms with van der Waals surface area (Å²) in [6.07, 6.45) is 3.35. The summed E-state index contributed by atoms with van der Waals surface area (Å²) in [6.45, 7) is 2.76. The molecule has 0 bridgehead atoms. The van der Waals surface area contributed by atoms with Crippen molar-refractivity contribution in [1.82, 2.24) is 14.3 Å². The Bertz CT molecular complexity index is 598. The van der Waals surface area contributed by atoms with Crippen LogP contribution in [0.3, 0.4) is 0 Å². The van der Waals surface area contributed by atoms with Crippen molar-refractivity contribution < 1.29 is 4.74 Å². The monoisotopic (exact) mass is 308 g/mol. The number of nitrogens with two attached hydrogens (primary N) is 1. The molecule has 0 atom stereocenters. The van der Waals surface area contributed by atoms with E-state index >= 15 is 0 Å². The summed E-state index contributed by atoms with van der Waals surface area (Å²) in [5, 5.41) is 0.837. The van der Waals surface area contributed by atoms with E-state index < -0.39 is 0 Å². The minimum atomic E-state index is 0.530. The molecule has 2 aromatic heterocycles. The van der Waals surface area contributed by atoms with Crippen molar-refractivity contribution in [2.45, 2.75) is 35.6 Å². The molecule has 7 heteroatoms. The predicted molar refractivity (Wildman–Crippen MR) is 80.3 cm³/mol. The smallest absolute Gasteiger partial charge is 0.238 e. The van der Waals surface area contributed by atoms with Gasteiger partial charge in [0.25, 0.3) is 0 Å².